The Bertz CT molecular complexity index is 438. The van der Waals surface area contributed by atoms with Gasteiger partial charge in [0.1, 0.15) is 4.88 Å². The van der Waals surface area contributed by atoms with Crippen LogP contribution in [-0.4, -0.2) is 19.7 Å². The fourth-order valence-corrected chi connectivity index (χ4v) is 2.00. The van der Waals surface area contributed by atoms with Gasteiger partial charge in [-0.2, -0.15) is 4.98 Å². The first-order chi connectivity index (χ1) is 6.68. The van der Waals surface area contributed by atoms with Crippen molar-refractivity contribution in [3.8, 4) is 10.8 Å². The van der Waals surface area contributed by atoms with Crippen LogP contribution in [0.1, 0.15) is 25.5 Å². The number of aromatic nitrogens is 4. The van der Waals surface area contributed by atoms with Crippen LogP contribution in [0, 0.1) is 0 Å². The Kier molecular flexibility index (Phi) is 2.60. The van der Waals surface area contributed by atoms with Crippen molar-refractivity contribution in [3.05, 3.63) is 10.4 Å². The molecule has 7 heteroatoms. The minimum atomic E-state index is 0.300. The summed E-state index contributed by atoms with van der Waals surface area (Å²) in [5.74, 6) is 0.769. The first-order valence-electron chi connectivity index (χ1n) is 4.00. The van der Waals surface area contributed by atoms with Gasteiger partial charge < -0.3 is 4.52 Å². The number of hydrogen-bond acceptors (Lipinski definition) is 6. The van der Waals surface area contributed by atoms with Gasteiger partial charge in [0.2, 0.25) is 4.73 Å². The van der Waals surface area contributed by atoms with Gasteiger partial charge >= 0.3 is 0 Å². The zero-order chi connectivity index (χ0) is 10.1. The van der Waals surface area contributed by atoms with E-state index in [-0.39, 0.29) is 0 Å². The molecule has 5 nitrogen and oxygen atoms in total. The van der Waals surface area contributed by atoms with Crippen molar-refractivity contribution in [1.82, 2.24) is 19.7 Å². The molecule has 0 spiro atoms. The second-order valence-corrected chi connectivity index (χ2v) is 4.47. The van der Waals surface area contributed by atoms with Crippen molar-refractivity contribution in [2.24, 2.45) is 0 Å². The summed E-state index contributed by atoms with van der Waals surface area (Å²) < 4.78 is 9.34. The normalized spacial score (nSPS) is 11.1. The molecule has 2 aromatic rings. The summed E-state index contributed by atoms with van der Waals surface area (Å²) in [6.07, 6.45) is 0. The maximum atomic E-state index is 5.02. The molecule has 2 aromatic heterocycles. The van der Waals surface area contributed by atoms with Crippen LogP contribution in [0.3, 0.4) is 0 Å². The van der Waals surface area contributed by atoms with Crippen molar-refractivity contribution in [1.29, 1.82) is 0 Å². The summed E-state index contributed by atoms with van der Waals surface area (Å²) in [4.78, 5) is 4.91. The maximum Gasteiger partial charge on any atom is 0.272 e. The van der Waals surface area contributed by atoms with Crippen LogP contribution in [0.25, 0.3) is 10.8 Å². The van der Waals surface area contributed by atoms with E-state index in [1.165, 1.54) is 11.5 Å². The van der Waals surface area contributed by atoms with E-state index >= 15 is 0 Å². The molecular weight excluding hydrogens is 268 g/mol. The monoisotopic (exact) mass is 274 g/mol. The van der Waals surface area contributed by atoms with E-state index < -0.39 is 0 Å². The molecule has 0 bridgehead atoms. The molecule has 0 saturated carbocycles. The molecule has 0 aliphatic carbocycles. The quantitative estimate of drug-likeness (QED) is 0.842. The summed E-state index contributed by atoms with van der Waals surface area (Å²) in [5, 5.41) is 7.68. The summed E-state index contributed by atoms with van der Waals surface area (Å²) in [5.41, 5.74) is 0.895. The molecule has 74 valence electrons. The van der Waals surface area contributed by atoms with E-state index in [9.17, 15) is 0 Å². The lowest BCUT2D eigenvalue weighted by Crippen LogP contribution is -1.90. The van der Waals surface area contributed by atoms with Gasteiger partial charge in [-0.05, 0) is 38.5 Å². The lowest BCUT2D eigenvalue weighted by Gasteiger charge is -1.98. The summed E-state index contributed by atoms with van der Waals surface area (Å²) in [6, 6.07) is 0. The number of hydrogen-bond donors (Lipinski definition) is 0. The Hall–Kier alpha value is -0.820. The van der Waals surface area contributed by atoms with E-state index in [4.69, 9.17) is 4.52 Å². The van der Waals surface area contributed by atoms with Crippen molar-refractivity contribution in [2.45, 2.75) is 19.8 Å². The third-order valence-electron chi connectivity index (χ3n) is 1.66. The van der Waals surface area contributed by atoms with Gasteiger partial charge in [-0.1, -0.05) is 18.3 Å². The maximum absolute atomic E-state index is 5.02. The topological polar surface area (TPSA) is 64.7 Å². The van der Waals surface area contributed by atoms with Crippen LogP contribution in [0.15, 0.2) is 9.26 Å². The highest BCUT2D eigenvalue weighted by atomic mass is 79.9. The molecule has 2 rings (SSSR count). The van der Waals surface area contributed by atoms with Gasteiger partial charge in [-0.3, -0.25) is 0 Å². The fourth-order valence-electron chi connectivity index (χ4n) is 1.02. The highest BCUT2D eigenvalue weighted by molar-refractivity contribution is 9.10. The van der Waals surface area contributed by atoms with Gasteiger partial charge in [0.15, 0.2) is 0 Å². The molecule has 0 unspecified atom stereocenters. The third-order valence-corrected chi connectivity index (χ3v) is 2.71. The molecule has 0 amide bonds. The smallest absolute Gasteiger partial charge is 0.272 e. The van der Waals surface area contributed by atoms with E-state index in [0.717, 1.165) is 10.6 Å². The largest absolute Gasteiger partial charge is 0.332 e. The average Bonchev–Trinajstić information content (AvgIpc) is 2.70. The molecule has 0 aliphatic rings. The molecule has 0 aromatic carbocycles. The second-order valence-electron chi connectivity index (χ2n) is 3.01. The Morgan fingerprint density at radius 3 is 2.79 bits per heavy atom. The van der Waals surface area contributed by atoms with Gasteiger partial charge in [0, 0.05) is 0 Å². The van der Waals surface area contributed by atoms with Crippen LogP contribution in [-0.2, 0) is 0 Å². The van der Waals surface area contributed by atoms with Gasteiger partial charge in [-0.15, -0.1) is 5.10 Å². The van der Waals surface area contributed by atoms with E-state index in [2.05, 4.69) is 35.7 Å². The number of rotatable bonds is 2. The molecule has 0 N–H and O–H groups in total. The Morgan fingerprint density at radius 2 is 2.21 bits per heavy atom. The Balaban J connectivity index is 2.46. The predicted molar refractivity (Wildman–Crippen MR) is 55.0 cm³/mol. The Morgan fingerprint density at radius 1 is 1.43 bits per heavy atom. The van der Waals surface area contributed by atoms with Crippen LogP contribution < -0.4 is 0 Å². The number of halogens is 1. The van der Waals surface area contributed by atoms with Crippen LogP contribution in [0.2, 0.25) is 0 Å². The van der Waals surface area contributed by atoms with Gasteiger partial charge in [0.25, 0.3) is 5.89 Å². The summed E-state index contributed by atoms with van der Waals surface area (Å²) in [6.45, 7) is 4.09. The molecule has 0 fully saturated rings. The summed E-state index contributed by atoms with van der Waals surface area (Å²) >= 11 is 4.39. The molecule has 0 atom stereocenters. The van der Waals surface area contributed by atoms with Crippen molar-refractivity contribution in [2.75, 3.05) is 0 Å². The van der Waals surface area contributed by atoms with E-state index in [1.807, 2.05) is 13.8 Å². The molecule has 0 radical (unpaired) electrons. The highest BCUT2D eigenvalue weighted by Crippen LogP contribution is 2.29. The second kappa shape index (κ2) is 3.74. The van der Waals surface area contributed by atoms with Crippen molar-refractivity contribution in [3.63, 3.8) is 0 Å². The third kappa shape index (κ3) is 1.69. The SMILES string of the molecule is CC(C)c1nnsc1-c1nc(Br)no1. The van der Waals surface area contributed by atoms with Gasteiger partial charge in [-0.25, -0.2) is 0 Å². The minimum Gasteiger partial charge on any atom is -0.332 e. The zero-order valence-corrected chi connectivity index (χ0v) is 9.96. The first-order valence-corrected chi connectivity index (χ1v) is 5.57. The molecule has 2 heterocycles. The highest BCUT2D eigenvalue weighted by Gasteiger charge is 2.18. The van der Waals surface area contributed by atoms with E-state index in [1.54, 1.807) is 0 Å². The van der Waals surface area contributed by atoms with Crippen LogP contribution in [0.4, 0.5) is 0 Å². The predicted octanol–water partition coefficient (Wildman–Crippen LogP) is 2.47. The molecular formula is C7H7BrN4OS. The van der Waals surface area contributed by atoms with Gasteiger partial charge in [0.05, 0.1) is 5.69 Å². The standard InChI is InChI=1S/C7H7BrN4OS/c1-3(2)4-5(14-12-10-4)6-9-7(8)11-13-6/h3H,1-2H3. The molecule has 0 saturated heterocycles. The van der Waals surface area contributed by atoms with Crippen molar-refractivity contribution < 1.29 is 4.52 Å². The lowest BCUT2D eigenvalue weighted by atomic mass is 10.1. The number of nitrogens with zero attached hydrogens (tertiary/aromatic N) is 4. The Labute approximate surface area is 92.8 Å². The van der Waals surface area contributed by atoms with E-state index in [0.29, 0.717) is 16.5 Å². The molecule has 14 heavy (non-hydrogen) atoms. The lowest BCUT2D eigenvalue weighted by molar-refractivity contribution is 0.426. The van der Waals surface area contributed by atoms with Crippen LogP contribution in [0.5, 0.6) is 0 Å². The minimum absolute atomic E-state index is 0.300. The van der Waals surface area contributed by atoms with Crippen LogP contribution >= 0.6 is 27.5 Å². The zero-order valence-electron chi connectivity index (χ0n) is 7.56. The average molecular weight is 275 g/mol. The summed E-state index contributed by atoms with van der Waals surface area (Å²) in [7, 11) is 0. The first kappa shape index (κ1) is 9.72. The van der Waals surface area contributed by atoms with Crippen molar-refractivity contribution >= 4 is 27.5 Å². The molecule has 0 aliphatic heterocycles. The fraction of sp³-hybridized carbons (Fsp3) is 0.429.